The van der Waals surface area contributed by atoms with Crippen LogP contribution in [0.1, 0.15) is 55.0 Å². The van der Waals surface area contributed by atoms with Gasteiger partial charge < -0.3 is 24.4 Å². The molecule has 1 saturated heterocycles. The Morgan fingerprint density at radius 2 is 1.79 bits per heavy atom. The van der Waals surface area contributed by atoms with Crippen molar-refractivity contribution in [2.45, 2.75) is 63.1 Å². The molecule has 3 aromatic rings. The number of hydrogen-bond acceptors (Lipinski definition) is 5. The molecule has 0 bridgehead atoms. The molecule has 4 rings (SSSR count). The molecule has 3 atom stereocenters. The lowest BCUT2D eigenvalue weighted by atomic mass is 9.77. The summed E-state index contributed by atoms with van der Waals surface area (Å²) in [6.45, 7) is 3.18. The largest absolute Gasteiger partial charge is 0.494 e. The third-order valence-electron chi connectivity index (χ3n) is 7.27. The molecule has 0 aliphatic carbocycles. The number of halogens is 3. The first-order chi connectivity index (χ1) is 18.1. The lowest BCUT2D eigenvalue weighted by Gasteiger charge is -2.49. The van der Waals surface area contributed by atoms with Gasteiger partial charge in [0.05, 0.1) is 38.1 Å². The number of rotatable bonds is 9. The monoisotopic (exact) mass is 546 g/mol. The molecule has 1 aliphatic rings. The minimum Gasteiger partial charge on any atom is -0.494 e. The molecule has 1 fully saturated rings. The maximum Gasteiger partial charge on any atom is 0.200 e. The van der Waals surface area contributed by atoms with Crippen molar-refractivity contribution in [1.82, 2.24) is 0 Å². The standard InChI is InChI=1S/C30H33ClF2O5/c1-29(2,35)30(18-34)16-23(37-17-19-7-5-4-6-8-19)15-26(38-30)20-9-11-24(31)22(13-20)14-21-10-12-25(36-3)28(33)27(21)32/h4-13,23,26,34-35H,14-18H2,1-3H3/t23?,26?,30-/m1/s1. The van der Waals surface area contributed by atoms with Crippen LogP contribution in [0.5, 0.6) is 5.75 Å². The average Bonchev–Trinajstić information content (AvgIpc) is 2.91. The molecule has 1 aliphatic heterocycles. The summed E-state index contributed by atoms with van der Waals surface area (Å²) in [5, 5.41) is 21.8. The molecular weight excluding hydrogens is 514 g/mol. The molecule has 2 N–H and O–H groups in total. The van der Waals surface area contributed by atoms with Crippen molar-refractivity contribution in [2.75, 3.05) is 13.7 Å². The summed E-state index contributed by atoms with van der Waals surface area (Å²) in [5.74, 6) is -2.21. The Balaban J connectivity index is 1.63. The molecule has 3 aromatic carbocycles. The third kappa shape index (κ3) is 6.03. The lowest BCUT2D eigenvalue weighted by Crippen LogP contribution is -2.59. The van der Waals surface area contributed by atoms with Gasteiger partial charge in [0, 0.05) is 24.3 Å². The minimum absolute atomic E-state index is 0.0523. The highest BCUT2D eigenvalue weighted by Crippen LogP contribution is 2.44. The van der Waals surface area contributed by atoms with E-state index in [-0.39, 0.29) is 23.8 Å². The number of hydrogen-bond donors (Lipinski definition) is 2. The zero-order valence-electron chi connectivity index (χ0n) is 21.7. The minimum atomic E-state index is -1.37. The highest BCUT2D eigenvalue weighted by molar-refractivity contribution is 6.31. The van der Waals surface area contributed by atoms with Crippen LogP contribution in [0.3, 0.4) is 0 Å². The van der Waals surface area contributed by atoms with Crippen molar-refractivity contribution in [2.24, 2.45) is 0 Å². The molecule has 1 heterocycles. The smallest absolute Gasteiger partial charge is 0.200 e. The molecule has 0 aromatic heterocycles. The van der Waals surface area contributed by atoms with Crippen molar-refractivity contribution in [3.05, 3.63) is 99.6 Å². The normalized spacial score (nSPS) is 21.9. The quantitative estimate of drug-likeness (QED) is 0.336. The predicted molar refractivity (Wildman–Crippen MR) is 141 cm³/mol. The average molecular weight is 547 g/mol. The highest BCUT2D eigenvalue weighted by atomic mass is 35.5. The van der Waals surface area contributed by atoms with Crippen LogP contribution in [0.4, 0.5) is 8.78 Å². The molecular formula is C30H33ClF2O5. The maximum absolute atomic E-state index is 14.7. The highest BCUT2D eigenvalue weighted by Gasteiger charge is 2.51. The number of ether oxygens (including phenoxy) is 3. The number of aliphatic hydroxyl groups is 2. The van der Waals surface area contributed by atoms with E-state index in [9.17, 15) is 19.0 Å². The van der Waals surface area contributed by atoms with Crippen LogP contribution in [-0.2, 0) is 22.5 Å². The van der Waals surface area contributed by atoms with Gasteiger partial charge in [0.1, 0.15) is 5.60 Å². The van der Waals surface area contributed by atoms with Gasteiger partial charge in [0.2, 0.25) is 5.82 Å². The van der Waals surface area contributed by atoms with Gasteiger partial charge >= 0.3 is 0 Å². The van der Waals surface area contributed by atoms with Crippen LogP contribution >= 0.6 is 11.6 Å². The van der Waals surface area contributed by atoms with Crippen molar-refractivity contribution in [3.63, 3.8) is 0 Å². The van der Waals surface area contributed by atoms with Crippen LogP contribution in [-0.4, -0.2) is 41.2 Å². The second kappa shape index (κ2) is 11.7. The molecule has 0 amide bonds. The van der Waals surface area contributed by atoms with E-state index in [0.717, 1.165) is 11.1 Å². The van der Waals surface area contributed by atoms with Crippen molar-refractivity contribution >= 4 is 11.6 Å². The van der Waals surface area contributed by atoms with Gasteiger partial charge in [0.25, 0.3) is 0 Å². The van der Waals surface area contributed by atoms with Crippen molar-refractivity contribution in [3.8, 4) is 5.75 Å². The molecule has 0 saturated carbocycles. The summed E-state index contributed by atoms with van der Waals surface area (Å²) in [7, 11) is 1.28. The second-order valence-corrected chi connectivity index (χ2v) is 10.7. The molecule has 8 heteroatoms. The maximum atomic E-state index is 14.7. The number of benzene rings is 3. The van der Waals surface area contributed by atoms with Gasteiger partial charge in [-0.15, -0.1) is 0 Å². The fraction of sp³-hybridized carbons (Fsp3) is 0.400. The van der Waals surface area contributed by atoms with E-state index < -0.39 is 35.5 Å². The Kier molecular flexibility index (Phi) is 8.75. The summed E-state index contributed by atoms with van der Waals surface area (Å²) in [6, 6.07) is 17.9. The van der Waals surface area contributed by atoms with E-state index in [0.29, 0.717) is 30.0 Å². The van der Waals surface area contributed by atoms with Crippen LogP contribution in [0.15, 0.2) is 60.7 Å². The van der Waals surface area contributed by atoms with E-state index in [1.165, 1.54) is 19.2 Å². The van der Waals surface area contributed by atoms with Gasteiger partial charge in [-0.2, -0.15) is 4.39 Å². The van der Waals surface area contributed by atoms with Gasteiger partial charge in [-0.05, 0) is 48.2 Å². The number of methoxy groups -OCH3 is 1. The summed E-state index contributed by atoms with van der Waals surface area (Å²) < 4.78 is 46.5. The lowest BCUT2D eigenvalue weighted by molar-refractivity contribution is -0.257. The fourth-order valence-corrected chi connectivity index (χ4v) is 5.05. The van der Waals surface area contributed by atoms with Crippen LogP contribution in [0, 0.1) is 11.6 Å². The SMILES string of the molecule is COc1ccc(Cc2cc(C3CC(OCc4ccccc4)C[C@@](CO)(C(C)(C)O)O3)ccc2Cl)c(F)c1F. The Labute approximate surface area is 226 Å². The first kappa shape index (κ1) is 28.5. The van der Waals surface area contributed by atoms with Crippen LogP contribution in [0.25, 0.3) is 0 Å². The zero-order chi connectivity index (χ0) is 27.5. The van der Waals surface area contributed by atoms with Gasteiger partial charge in [-0.3, -0.25) is 0 Å². The molecule has 204 valence electrons. The molecule has 0 spiro atoms. The van der Waals surface area contributed by atoms with E-state index in [1.807, 2.05) is 30.3 Å². The molecule has 0 radical (unpaired) electrons. The van der Waals surface area contributed by atoms with Gasteiger partial charge in [-0.1, -0.05) is 60.1 Å². The molecule has 5 nitrogen and oxygen atoms in total. The summed E-state index contributed by atoms with van der Waals surface area (Å²) in [4.78, 5) is 0. The van der Waals surface area contributed by atoms with Gasteiger partial charge in [-0.25, -0.2) is 4.39 Å². The van der Waals surface area contributed by atoms with E-state index in [1.54, 1.807) is 32.0 Å². The number of aliphatic hydroxyl groups excluding tert-OH is 1. The zero-order valence-corrected chi connectivity index (χ0v) is 22.5. The first-order valence-electron chi connectivity index (χ1n) is 12.5. The topological polar surface area (TPSA) is 68.2 Å². The van der Waals surface area contributed by atoms with E-state index >= 15 is 0 Å². The molecule has 2 unspecified atom stereocenters. The third-order valence-corrected chi connectivity index (χ3v) is 7.64. The second-order valence-electron chi connectivity index (χ2n) is 10.3. The fourth-order valence-electron chi connectivity index (χ4n) is 4.87. The first-order valence-corrected chi connectivity index (χ1v) is 12.9. The predicted octanol–water partition coefficient (Wildman–Crippen LogP) is 6.16. The Hall–Kier alpha value is -2.55. The Morgan fingerprint density at radius 1 is 1.05 bits per heavy atom. The van der Waals surface area contributed by atoms with Crippen molar-refractivity contribution < 1.29 is 33.2 Å². The van der Waals surface area contributed by atoms with E-state index in [4.69, 9.17) is 25.8 Å². The molecule has 38 heavy (non-hydrogen) atoms. The van der Waals surface area contributed by atoms with Gasteiger partial charge in [0.15, 0.2) is 11.6 Å². The Morgan fingerprint density at radius 3 is 2.45 bits per heavy atom. The van der Waals surface area contributed by atoms with Crippen molar-refractivity contribution in [1.29, 1.82) is 0 Å². The summed E-state index contributed by atoms with van der Waals surface area (Å²) in [6.07, 6.45) is -0.0440. The Bertz CT molecular complexity index is 1250. The van der Waals surface area contributed by atoms with Crippen LogP contribution in [0.2, 0.25) is 5.02 Å². The van der Waals surface area contributed by atoms with E-state index in [2.05, 4.69) is 0 Å². The summed E-state index contributed by atoms with van der Waals surface area (Å²) >= 11 is 6.45. The summed E-state index contributed by atoms with van der Waals surface area (Å²) in [5.41, 5.74) is -0.181. The van der Waals surface area contributed by atoms with Crippen LogP contribution < -0.4 is 4.74 Å².